The van der Waals surface area contributed by atoms with Gasteiger partial charge in [0, 0.05) is 19.3 Å². The maximum atomic E-state index is 9.54. The van der Waals surface area contributed by atoms with Crippen molar-refractivity contribution in [3.63, 3.8) is 0 Å². The molecule has 2 rings (SSSR count). The third-order valence-electron chi connectivity index (χ3n) is 2.69. The van der Waals surface area contributed by atoms with Gasteiger partial charge in [0.15, 0.2) is 0 Å². The molecule has 0 heterocycles. The van der Waals surface area contributed by atoms with E-state index in [2.05, 4.69) is 27.9 Å². The predicted octanol–water partition coefficient (Wildman–Crippen LogP) is 4.74. The van der Waals surface area contributed by atoms with Crippen molar-refractivity contribution in [3.05, 3.63) is 61.6 Å². The van der Waals surface area contributed by atoms with Gasteiger partial charge < -0.3 is 10.4 Å². The van der Waals surface area contributed by atoms with Gasteiger partial charge in [-0.3, -0.25) is 0 Å². The van der Waals surface area contributed by atoms with Gasteiger partial charge in [0.05, 0.1) is 12.6 Å². The first-order valence-corrected chi connectivity index (χ1v) is 7.51. The van der Waals surface area contributed by atoms with Crippen LogP contribution in [0.15, 0.2) is 42.5 Å². The van der Waals surface area contributed by atoms with E-state index in [-0.39, 0.29) is 12.6 Å². The molecule has 0 saturated carbocycles. The fraction of sp³-hybridized carbons (Fsp3) is 0.143. The highest BCUT2D eigenvalue weighted by molar-refractivity contribution is 14.1. The van der Waals surface area contributed by atoms with E-state index < -0.39 is 0 Å². The Balaban J connectivity index is 2.24. The number of aliphatic hydroxyl groups is 1. The summed E-state index contributed by atoms with van der Waals surface area (Å²) >= 11 is 14.1. The SMILES string of the molecule is OCC(Nc1ccc(Cl)cc1I)c1cccc(Cl)c1. The number of aliphatic hydroxyl groups excluding tert-OH is 1. The highest BCUT2D eigenvalue weighted by atomic mass is 127. The van der Waals surface area contributed by atoms with Crippen LogP contribution in [-0.4, -0.2) is 11.7 Å². The second-order valence-corrected chi connectivity index (χ2v) is 6.09. The molecule has 0 aliphatic heterocycles. The van der Waals surface area contributed by atoms with E-state index in [4.69, 9.17) is 23.2 Å². The summed E-state index contributed by atoms with van der Waals surface area (Å²) in [6.45, 7) is -0.0148. The van der Waals surface area contributed by atoms with Crippen molar-refractivity contribution in [1.29, 1.82) is 0 Å². The minimum Gasteiger partial charge on any atom is -0.394 e. The number of nitrogens with one attached hydrogen (secondary N) is 1. The van der Waals surface area contributed by atoms with Gasteiger partial charge in [0.2, 0.25) is 0 Å². The first kappa shape index (κ1) is 14.9. The first-order chi connectivity index (χ1) is 9.10. The molecular weight excluding hydrogens is 396 g/mol. The van der Waals surface area contributed by atoms with Crippen molar-refractivity contribution in [2.24, 2.45) is 0 Å². The fourth-order valence-corrected chi connectivity index (χ4v) is 2.98. The highest BCUT2D eigenvalue weighted by Gasteiger charge is 2.12. The molecule has 1 atom stereocenters. The number of anilines is 1. The van der Waals surface area contributed by atoms with Gasteiger partial charge in [0.25, 0.3) is 0 Å². The molecule has 1 unspecified atom stereocenters. The van der Waals surface area contributed by atoms with Crippen molar-refractivity contribution in [2.75, 3.05) is 11.9 Å². The fourth-order valence-electron chi connectivity index (χ4n) is 1.75. The molecule has 0 fully saturated rings. The Kier molecular flexibility index (Phi) is 5.33. The number of benzene rings is 2. The van der Waals surface area contributed by atoms with Crippen molar-refractivity contribution >= 4 is 51.5 Å². The quantitative estimate of drug-likeness (QED) is 0.717. The predicted molar refractivity (Wildman–Crippen MR) is 89.1 cm³/mol. The zero-order chi connectivity index (χ0) is 13.8. The summed E-state index contributed by atoms with van der Waals surface area (Å²) in [7, 11) is 0. The van der Waals surface area contributed by atoms with Crippen molar-refractivity contribution in [2.45, 2.75) is 6.04 Å². The molecule has 0 aromatic heterocycles. The molecule has 0 spiro atoms. The molecule has 2 nitrogen and oxygen atoms in total. The third-order valence-corrected chi connectivity index (χ3v) is 4.06. The summed E-state index contributed by atoms with van der Waals surface area (Å²) in [6.07, 6.45) is 0. The van der Waals surface area contributed by atoms with Crippen LogP contribution in [0.3, 0.4) is 0 Å². The van der Waals surface area contributed by atoms with E-state index in [9.17, 15) is 5.11 Å². The van der Waals surface area contributed by atoms with Crippen LogP contribution in [0.2, 0.25) is 10.0 Å². The highest BCUT2D eigenvalue weighted by Crippen LogP contribution is 2.27. The molecule has 0 saturated heterocycles. The summed E-state index contributed by atoms with van der Waals surface area (Å²) in [5, 5.41) is 14.2. The monoisotopic (exact) mass is 407 g/mol. The maximum Gasteiger partial charge on any atom is 0.0745 e. The average molecular weight is 408 g/mol. The zero-order valence-electron chi connectivity index (χ0n) is 9.91. The second kappa shape index (κ2) is 6.79. The topological polar surface area (TPSA) is 32.3 Å². The Labute approximate surface area is 135 Å². The Morgan fingerprint density at radius 3 is 2.47 bits per heavy atom. The van der Waals surface area contributed by atoms with E-state index in [1.54, 1.807) is 0 Å². The summed E-state index contributed by atoms with van der Waals surface area (Å²) in [5.41, 5.74) is 1.88. The van der Waals surface area contributed by atoms with Gasteiger partial charge in [-0.15, -0.1) is 0 Å². The Bertz CT molecular complexity index is 577. The van der Waals surface area contributed by atoms with Crippen LogP contribution >= 0.6 is 45.8 Å². The molecule has 2 N–H and O–H groups in total. The van der Waals surface area contributed by atoms with Crippen LogP contribution in [0.5, 0.6) is 0 Å². The van der Waals surface area contributed by atoms with Crippen molar-refractivity contribution < 1.29 is 5.11 Å². The summed E-state index contributed by atoms with van der Waals surface area (Å²) in [4.78, 5) is 0. The van der Waals surface area contributed by atoms with E-state index in [1.807, 2.05) is 42.5 Å². The first-order valence-electron chi connectivity index (χ1n) is 5.68. The Morgan fingerprint density at radius 1 is 1.11 bits per heavy atom. The van der Waals surface area contributed by atoms with E-state index in [0.29, 0.717) is 10.0 Å². The largest absolute Gasteiger partial charge is 0.394 e. The lowest BCUT2D eigenvalue weighted by atomic mass is 10.1. The Hall–Kier alpha value is -0.490. The molecule has 0 radical (unpaired) electrons. The molecule has 0 aliphatic carbocycles. The molecule has 0 amide bonds. The lowest BCUT2D eigenvalue weighted by Gasteiger charge is -2.19. The molecule has 100 valence electrons. The molecule has 19 heavy (non-hydrogen) atoms. The number of halogens is 3. The maximum absolute atomic E-state index is 9.54. The summed E-state index contributed by atoms with van der Waals surface area (Å²) < 4.78 is 1.01. The van der Waals surface area contributed by atoms with E-state index in [1.165, 1.54) is 0 Å². The van der Waals surface area contributed by atoms with Crippen LogP contribution in [-0.2, 0) is 0 Å². The van der Waals surface area contributed by atoms with Crippen molar-refractivity contribution in [3.8, 4) is 0 Å². The van der Waals surface area contributed by atoms with Gasteiger partial charge in [0.1, 0.15) is 0 Å². The Morgan fingerprint density at radius 2 is 1.84 bits per heavy atom. The van der Waals surface area contributed by atoms with Crippen molar-refractivity contribution in [1.82, 2.24) is 0 Å². The van der Waals surface area contributed by atoms with Crippen LogP contribution in [0, 0.1) is 3.57 Å². The molecule has 0 aliphatic rings. The lowest BCUT2D eigenvalue weighted by molar-refractivity contribution is 0.276. The number of rotatable bonds is 4. The average Bonchev–Trinajstić information content (AvgIpc) is 2.38. The van der Waals surface area contributed by atoms with Gasteiger partial charge in [-0.05, 0) is 58.5 Å². The van der Waals surface area contributed by atoms with Gasteiger partial charge >= 0.3 is 0 Å². The van der Waals surface area contributed by atoms with Crippen LogP contribution in [0.4, 0.5) is 5.69 Å². The van der Waals surface area contributed by atoms with Gasteiger partial charge in [-0.25, -0.2) is 0 Å². The van der Waals surface area contributed by atoms with E-state index in [0.717, 1.165) is 14.8 Å². The lowest BCUT2D eigenvalue weighted by Crippen LogP contribution is -2.15. The third kappa shape index (κ3) is 3.99. The standard InChI is InChI=1S/C14H12Cl2INO/c15-10-3-1-2-9(6-10)14(8-19)18-13-5-4-11(16)7-12(13)17/h1-7,14,18-19H,8H2. The van der Waals surface area contributed by atoms with Gasteiger partial charge in [-0.2, -0.15) is 0 Å². The normalized spacial score (nSPS) is 12.2. The zero-order valence-corrected chi connectivity index (χ0v) is 13.6. The van der Waals surface area contributed by atoms with Crippen LogP contribution < -0.4 is 5.32 Å². The minimum atomic E-state index is -0.201. The smallest absolute Gasteiger partial charge is 0.0745 e. The summed E-state index contributed by atoms with van der Waals surface area (Å²) in [5.74, 6) is 0. The molecule has 2 aromatic carbocycles. The van der Waals surface area contributed by atoms with Gasteiger partial charge in [-0.1, -0.05) is 35.3 Å². The molecule has 5 heteroatoms. The molecule has 0 bridgehead atoms. The van der Waals surface area contributed by atoms with Crippen LogP contribution in [0.25, 0.3) is 0 Å². The summed E-state index contributed by atoms with van der Waals surface area (Å²) in [6, 6.07) is 12.8. The second-order valence-electron chi connectivity index (χ2n) is 4.06. The van der Waals surface area contributed by atoms with Crippen LogP contribution in [0.1, 0.15) is 11.6 Å². The minimum absolute atomic E-state index is 0.0148. The molecular formula is C14H12Cl2INO. The number of hydrogen-bond donors (Lipinski definition) is 2. The number of hydrogen-bond acceptors (Lipinski definition) is 2. The van der Waals surface area contributed by atoms with E-state index >= 15 is 0 Å². The molecule has 2 aromatic rings.